The second-order valence-corrected chi connectivity index (χ2v) is 8.71. The molecule has 0 atom stereocenters. The Labute approximate surface area is 181 Å². The Hall–Kier alpha value is -3.40. The lowest BCUT2D eigenvalue weighted by Gasteiger charge is -2.15. The molecule has 0 fully saturated rings. The predicted octanol–water partition coefficient (Wildman–Crippen LogP) is 3.06. The van der Waals surface area contributed by atoms with Crippen LogP contribution in [0.4, 0.5) is 11.4 Å². The number of rotatable bonds is 7. The summed E-state index contributed by atoms with van der Waals surface area (Å²) in [5.41, 5.74) is 3.38. The molecule has 10 heteroatoms. The summed E-state index contributed by atoms with van der Waals surface area (Å²) in [6, 6.07) is 8.47. The molecule has 1 aromatic carbocycles. The second-order valence-electron chi connectivity index (χ2n) is 7.06. The summed E-state index contributed by atoms with van der Waals surface area (Å²) in [7, 11) is -0.949. The number of methoxy groups -OCH3 is 1. The third-order valence-corrected chi connectivity index (χ3v) is 6.19. The zero-order valence-corrected chi connectivity index (χ0v) is 18.9. The number of hydrogen-bond donors (Lipinski definition) is 2. The van der Waals surface area contributed by atoms with Crippen LogP contribution in [-0.4, -0.2) is 36.2 Å². The number of carbonyl (C=O) groups excluding carboxylic acids is 1. The molecule has 0 aliphatic heterocycles. The number of aryl methyl sites for hydroxylation is 4. The van der Waals surface area contributed by atoms with Crippen molar-refractivity contribution >= 4 is 27.3 Å². The van der Waals surface area contributed by atoms with Gasteiger partial charge < -0.3 is 10.1 Å². The lowest BCUT2D eigenvalue weighted by Crippen LogP contribution is -2.18. The summed E-state index contributed by atoms with van der Waals surface area (Å²) < 4.78 is 35.6. The first-order valence-electron chi connectivity index (χ1n) is 9.63. The van der Waals surface area contributed by atoms with E-state index in [9.17, 15) is 13.2 Å². The largest absolute Gasteiger partial charge is 0.480 e. The number of aromatic nitrogens is 3. The van der Waals surface area contributed by atoms with E-state index >= 15 is 0 Å². The standard InChI is InChI=1S/C21H25N5O4S/c1-6-16-11-17(24-26(16)4)20(27)23-15-10-18(21(30-5)22-12-15)31(28,29)25-19-13(2)8-7-9-14(19)3/h7-12,25H,6H2,1-5H3,(H,23,27). The van der Waals surface area contributed by atoms with E-state index in [1.54, 1.807) is 17.8 Å². The molecule has 0 unspecified atom stereocenters. The minimum atomic E-state index is -4.04. The Morgan fingerprint density at radius 2 is 1.87 bits per heavy atom. The predicted molar refractivity (Wildman–Crippen MR) is 118 cm³/mol. The van der Waals surface area contributed by atoms with Crippen LogP contribution in [0.25, 0.3) is 0 Å². The molecule has 164 valence electrons. The summed E-state index contributed by atoms with van der Waals surface area (Å²) in [5.74, 6) is -0.545. The number of benzene rings is 1. The molecule has 0 spiro atoms. The first-order valence-corrected chi connectivity index (χ1v) is 11.1. The molecule has 2 aromatic heterocycles. The van der Waals surface area contributed by atoms with Gasteiger partial charge >= 0.3 is 0 Å². The number of hydrogen-bond acceptors (Lipinski definition) is 6. The maximum Gasteiger partial charge on any atom is 0.276 e. The van der Waals surface area contributed by atoms with Crippen molar-refractivity contribution in [2.75, 3.05) is 17.1 Å². The van der Waals surface area contributed by atoms with Crippen molar-refractivity contribution < 1.29 is 17.9 Å². The molecule has 0 radical (unpaired) electrons. The minimum Gasteiger partial charge on any atom is -0.480 e. The highest BCUT2D eigenvalue weighted by Crippen LogP contribution is 2.29. The van der Waals surface area contributed by atoms with Crippen LogP contribution in [-0.2, 0) is 23.5 Å². The van der Waals surface area contributed by atoms with Crippen molar-refractivity contribution in [3.63, 3.8) is 0 Å². The number of amides is 1. The number of anilines is 2. The van der Waals surface area contributed by atoms with Crippen LogP contribution >= 0.6 is 0 Å². The van der Waals surface area contributed by atoms with E-state index in [2.05, 4.69) is 20.1 Å². The van der Waals surface area contributed by atoms with Gasteiger partial charge in [-0.1, -0.05) is 25.1 Å². The molecule has 31 heavy (non-hydrogen) atoms. The van der Waals surface area contributed by atoms with Gasteiger partial charge in [0.05, 0.1) is 24.7 Å². The van der Waals surface area contributed by atoms with E-state index in [1.807, 2.05) is 39.0 Å². The minimum absolute atomic E-state index is 0.0807. The maximum atomic E-state index is 13.1. The molecule has 2 heterocycles. The number of nitrogens with one attached hydrogen (secondary N) is 2. The van der Waals surface area contributed by atoms with E-state index in [0.29, 0.717) is 5.69 Å². The summed E-state index contributed by atoms with van der Waals surface area (Å²) >= 11 is 0. The van der Waals surface area contributed by atoms with Gasteiger partial charge in [-0.3, -0.25) is 14.2 Å². The lowest BCUT2D eigenvalue weighted by atomic mass is 10.1. The molecule has 9 nitrogen and oxygen atoms in total. The average molecular weight is 444 g/mol. The van der Waals surface area contributed by atoms with Crippen molar-refractivity contribution in [3.8, 4) is 5.88 Å². The Morgan fingerprint density at radius 3 is 2.45 bits per heavy atom. The first-order chi connectivity index (χ1) is 14.7. The molecule has 0 aliphatic carbocycles. The SMILES string of the molecule is CCc1cc(C(=O)Nc2cnc(OC)c(S(=O)(=O)Nc3c(C)cccc3C)c2)nn1C. The molecule has 2 N–H and O–H groups in total. The topological polar surface area (TPSA) is 115 Å². The van der Waals surface area contributed by atoms with Gasteiger partial charge in [0.2, 0.25) is 5.88 Å². The Morgan fingerprint density at radius 1 is 1.19 bits per heavy atom. The Kier molecular flexibility index (Phi) is 6.30. The van der Waals surface area contributed by atoms with Crippen LogP contribution in [0.1, 0.15) is 34.2 Å². The Bertz CT molecular complexity index is 1210. The van der Waals surface area contributed by atoms with E-state index in [1.165, 1.54) is 19.4 Å². The number of para-hydroxylation sites is 1. The molecule has 3 aromatic rings. The van der Waals surface area contributed by atoms with Gasteiger partial charge in [0.1, 0.15) is 0 Å². The molecular formula is C21H25N5O4S. The molecule has 0 bridgehead atoms. The van der Waals surface area contributed by atoms with Gasteiger partial charge in [-0.2, -0.15) is 5.10 Å². The van der Waals surface area contributed by atoms with E-state index in [0.717, 1.165) is 23.2 Å². The van der Waals surface area contributed by atoms with Gasteiger partial charge in [-0.25, -0.2) is 13.4 Å². The van der Waals surface area contributed by atoms with Gasteiger partial charge in [0.15, 0.2) is 10.6 Å². The fourth-order valence-electron chi connectivity index (χ4n) is 3.15. The molecule has 3 rings (SSSR count). The number of ether oxygens (including phenoxy) is 1. The summed E-state index contributed by atoms with van der Waals surface area (Å²) in [5, 5.41) is 6.83. The van der Waals surface area contributed by atoms with E-state index < -0.39 is 15.9 Å². The fourth-order valence-corrected chi connectivity index (χ4v) is 4.50. The molecule has 1 amide bonds. The number of pyridine rings is 1. The highest BCUT2D eigenvalue weighted by Gasteiger charge is 2.24. The summed E-state index contributed by atoms with van der Waals surface area (Å²) in [4.78, 5) is 16.4. The monoisotopic (exact) mass is 443 g/mol. The first kappa shape index (κ1) is 22.3. The third kappa shape index (κ3) is 4.69. The second kappa shape index (κ2) is 8.76. The van der Waals surface area contributed by atoms with Gasteiger partial charge in [-0.15, -0.1) is 0 Å². The van der Waals surface area contributed by atoms with Crippen LogP contribution in [0.5, 0.6) is 5.88 Å². The zero-order chi connectivity index (χ0) is 22.8. The number of carbonyl (C=O) groups is 1. The normalized spacial score (nSPS) is 11.3. The van der Waals surface area contributed by atoms with Crippen LogP contribution in [0.3, 0.4) is 0 Å². The van der Waals surface area contributed by atoms with Crippen LogP contribution < -0.4 is 14.8 Å². The maximum absolute atomic E-state index is 13.1. The number of nitrogens with zero attached hydrogens (tertiary/aromatic N) is 3. The smallest absolute Gasteiger partial charge is 0.276 e. The van der Waals surface area contributed by atoms with Gasteiger partial charge in [-0.05, 0) is 43.5 Å². The van der Waals surface area contributed by atoms with Crippen molar-refractivity contribution in [1.82, 2.24) is 14.8 Å². The van der Waals surface area contributed by atoms with Crippen LogP contribution in [0.2, 0.25) is 0 Å². The van der Waals surface area contributed by atoms with E-state index in [4.69, 9.17) is 4.74 Å². The molecule has 0 aliphatic rings. The van der Waals surface area contributed by atoms with Gasteiger partial charge in [0.25, 0.3) is 15.9 Å². The molecular weight excluding hydrogens is 418 g/mol. The lowest BCUT2D eigenvalue weighted by molar-refractivity contribution is 0.102. The van der Waals surface area contributed by atoms with Crippen molar-refractivity contribution in [1.29, 1.82) is 0 Å². The van der Waals surface area contributed by atoms with Crippen LogP contribution in [0, 0.1) is 13.8 Å². The quantitative estimate of drug-likeness (QED) is 0.580. The highest BCUT2D eigenvalue weighted by atomic mass is 32.2. The molecule has 0 saturated carbocycles. The van der Waals surface area contributed by atoms with E-state index in [-0.39, 0.29) is 22.2 Å². The fraction of sp³-hybridized carbons (Fsp3) is 0.286. The third-order valence-electron chi connectivity index (χ3n) is 4.85. The zero-order valence-electron chi connectivity index (χ0n) is 18.1. The van der Waals surface area contributed by atoms with Crippen LogP contribution in [0.15, 0.2) is 41.4 Å². The average Bonchev–Trinajstić information content (AvgIpc) is 3.11. The van der Waals surface area contributed by atoms with Crippen molar-refractivity contribution in [2.24, 2.45) is 7.05 Å². The number of sulfonamides is 1. The summed E-state index contributed by atoms with van der Waals surface area (Å²) in [6.45, 7) is 5.59. The van der Waals surface area contributed by atoms with Gasteiger partial charge in [0, 0.05) is 12.7 Å². The summed E-state index contributed by atoms with van der Waals surface area (Å²) in [6.07, 6.45) is 2.06. The Balaban J connectivity index is 1.93. The highest BCUT2D eigenvalue weighted by molar-refractivity contribution is 7.92. The van der Waals surface area contributed by atoms with Crippen molar-refractivity contribution in [3.05, 3.63) is 59.0 Å². The molecule has 0 saturated heterocycles. The van der Waals surface area contributed by atoms with Crippen molar-refractivity contribution in [2.45, 2.75) is 32.1 Å².